The standard InChI is InChI=1S/C26H28F2N6O2/c1-18-30-31-26(33(18)16-20-6-3-5-19(13-20)15-32-12-4-11-29-32)34(22-8-9-22)17-21-7-10-23(36-25(27)28)24(14-21)35-2/h3-7,10-14,22,25H,8-9,15-17H2,1-2H3. The molecule has 2 aromatic heterocycles. The van der Waals surface area contributed by atoms with Crippen molar-refractivity contribution in [2.24, 2.45) is 0 Å². The second-order valence-electron chi connectivity index (χ2n) is 8.88. The highest BCUT2D eigenvalue weighted by atomic mass is 19.3. The Bertz CT molecular complexity index is 1300. The fourth-order valence-corrected chi connectivity index (χ4v) is 4.31. The quantitative estimate of drug-likeness (QED) is 0.302. The van der Waals surface area contributed by atoms with Gasteiger partial charge in [0.15, 0.2) is 11.5 Å². The molecule has 0 saturated heterocycles. The molecule has 0 radical (unpaired) electrons. The Morgan fingerprint density at radius 2 is 1.81 bits per heavy atom. The Morgan fingerprint density at radius 1 is 1.00 bits per heavy atom. The van der Waals surface area contributed by atoms with Gasteiger partial charge < -0.3 is 14.4 Å². The van der Waals surface area contributed by atoms with E-state index in [1.165, 1.54) is 18.7 Å². The summed E-state index contributed by atoms with van der Waals surface area (Å²) in [6.45, 7) is 0.930. The number of methoxy groups -OCH3 is 1. The van der Waals surface area contributed by atoms with Crippen LogP contribution in [0.5, 0.6) is 11.5 Å². The molecule has 2 aromatic carbocycles. The molecule has 0 unspecified atom stereocenters. The molecule has 188 valence electrons. The van der Waals surface area contributed by atoms with Gasteiger partial charge in [-0.25, -0.2) is 0 Å². The fraction of sp³-hybridized carbons (Fsp3) is 0.346. The van der Waals surface area contributed by atoms with Crippen molar-refractivity contribution in [3.05, 3.63) is 83.4 Å². The van der Waals surface area contributed by atoms with E-state index in [4.69, 9.17) is 4.74 Å². The van der Waals surface area contributed by atoms with Gasteiger partial charge in [-0.15, -0.1) is 10.2 Å². The second kappa shape index (κ2) is 10.3. The van der Waals surface area contributed by atoms with Crippen molar-refractivity contribution in [3.8, 4) is 11.5 Å². The lowest BCUT2D eigenvalue weighted by atomic mass is 10.1. The number of benzene rings is 2. The first-order valence-corrected chi connectivity index (χ1v) is 11.8. The third-order valence-corrected chi connectivity index (χ3v) is 6.19. The van der Waals surface area contributed by atoms with E-state index in [-0.39, 0.29) is 11.5 Å². The van der Waals surface area contributed by atoms with Crippen LogP contribution in [0.2, 0.25) is 0 Å². The van der Waals surface area contributed by atoms with E-state index in [0.29, 0.717) is 25.7 Å². The maximum Gasteiger partial charge on any atom is 0.387 e. The van der Waals surface area contributed by atoms with E-state index in [9.17, 15) is 8.78 Å². The van der Waals surface area contributed by atoms with Gasteiger partial charge in [-0.2, -0.15) is 13.9 Å². The SMILES string of the molecule is COc1cc(CN(c2nnc(C)n2Cc2cccc(Cn3cccn3)c2)C2CC2)ccc1OC(F)F. The van der Waals surface area contributed by atoms with Crippen LogP contribution in [0.1, 0.15) is 35.4 Å². The average Bonchev–Trinajstić information content (AvgIpc) is 3.47. The molecule has 5 rings (SSSR count). The van der Waals surface area contributed by atoms with Gasteiger partial charge in [0.1, 0.15) is 5.82 Å². The molecule has 1 saturated carbocycles. The Kier molecular flexibility index (Phi) is 6.84. The topological polar surface area (TPSA) is 70.2 Å². The molecular weight excluding hydrogens is 466 g/mol. The van der Waals surface area contributed by atoms with Crippen molar-refractivity contribution >= 4 is 5.95 Å². The lowest BCUT2D eigenvalue weighted by Crippen LogP contribution is -2.28. The van der Waals surface area contributed by atoms with Gasteiger partial charge in [0.25, 0.3) is 0 Å². The molecule has 2 heterocycles. The molecular formula is C26H28F2N6O2. The number of aromatic nitrogens is 5. The first-order valence-electron chi connectivity index (χ1n) is 11.8. The maximum atomic E-state index is 12.7. The molecule has 0 aliphatic heterocycles. The molecule has 10 heteroatoms. The molecule has 36 heavy (non-hydrogen) atoms. The summed E-state index contributed by atoms with van der Waals surface area (Å²) in [5.74, 6) is 1.91. The lowest BCUT2D eigenvalue weighted by Gasteiger charge is -2.25. The molecule has 0 amide bonds. The Labute approximate surface area is 208 Å². The number of rotatable bonds is 11. The minimum absolute atomic E-state index is 0.0169. The molecule has 0 atom stereocenters. The summed E-state index contributed by atoms with van der Waals surface area (Å²) in [6, 6.07) is 15.7. The minimum atomic E-state index is -2.91. The van der Waals surface area contributed by atoms with Crippen molar-refractivity contribution in [1.29, 1.82) is 0 Å². The van der Waals surface area contributed by atoms with Crippen LogP contribution >= 0.6 is 0 Å². The van der Waals surface area contributed by atoms with Crippen molar-refractivity contribution in [2.45, 2.75) is 52.1 Å². The summed E-state index contributed by atoms with van der Waals surface area (Å²) in [5.41, 5.74) is 3.23. The molecule has 0 spiro atoms. The predicted octanol–water partition coefficient (Wildman–Crippen LogP) is 4.66. The highest BCUT2D eigenvalue weighted by molar-refractivity contribution is 5.45. The van der Waals surface area contributed by atoms with E-state index in [0.717, 1.165) is 35.7 Å². The molecule has 8 nitrogen and oxygen atoms in total. The monoisotopic (exact) mass is 494 g/mol. The Balaban J connectivity index is 1.38. The summed E-state index contributed by atoms with van der Waals surface area (Å²) >= 11 is 0. The molecule has 1 aliphatic rings. The van der Waals surface area contributed by atoms with Crippen LogP contribution in [-0.4, -0.2) is 44.3 Å². The van der Waals surface area contributed by atoms with Crippen LogP contribution < -0.4 is 14.4 Å². The highest BCUT2D eigenvalue weighted by Gasteiger charge is 2.33. The number of ether oxygens (including phenoxy) is 2. The van der Waals surface area contributed by atoms with Crippen LogP contribution in [0.4, 0.5) is 14.7 Å². The first kappa shape index (κ1) is 23.8. The smallest absolute Gasteiger partial charge is 0.387 e. The lowest BCUT2D eigenvalue weighted by molar-refractivity contribution is -0.0512. The molecule has 1 fully saturated rings. The van der Waals surface area contributed by atoms with Gasteiger partial charge in [-0.1, -0.05) is 30.3 Å². The highest BCUT2D eigenvalue weighted by Crippen LogP contribution is 2.35. The summed E-state index contributed by atoms with van der Waals surface area (Å²) < 4.78 is 39.3. The van der Waals surface area contributed by atoms with Crippen LogP contribution in [0.25, 0.3) is 0 Å². The number of anilines is 1. The fourth-order valence-electron chi connectivity index (χ4n) is 4.31. The largest absolute Gasteiger partial charge is 0.493 e. The maximum absolute atomic E-state index is 12.7. The summed E-state index contributed by atoms with van der Waals surface area (Å²) in [5, 5.41) is 13.2. The summed E-state index contributed by atoms with van der Waals surface area (Å²) in [4.78, 5) is 2.23. The Morgan fingerprint density at radius 3 is 2.50 bits per heavy atom. The van der Waals surface area contributed by atoms with Crippen molar-refractivity contribution in [1.82, 2.24) is 24.5 Å². The zero-order valence-corrected chi connectivity index (χ0v) is 20.2. The molecule has 0 bridgehead atoms. The van der Waals surface area contributed by atoms with E-state index in [1.807, 2.05) is 23.9 Å². The van der Waals surface area contributed by atoms with Crippen LogP contribution in [0, 0.1) is 6.92 Å². The molecule has 1 aliphatic carbocycles. The van der Waals surface area contributed by atoms with E-state index >= 15 is 0 Å². The van der Waals surface area contributed by atoms with E-state index in [2.05, 4.69) is 53.8 Å². The van der Waals surface area contributed by atoms with E-state index in [1.54, 1.807) is 18.3 Å². The third kappa shape index (κ3) is 5.48. The Hall–Kier alpha value is -3.95. The third-order valence-electron chi connectivity index (χ3n) is 6.19. The van der Waals surface area contributed by atoms with Gasteiger partial charge in [0.05, 0.1) is 20.2 Å². The van der Waals surface area contributed by atoms with Gasteiger partial charge >= 0.3 is 6.61 Å². The molecule has 4 aromatic rings. The van der Waals surface area contributed by atoms with Crippen molar-refractivity contribution in [2.75, 3.05) is 12.0 Å². The number of alkyl halides is 2. The van der Waals surface area contributed by atoms with Crippen molar-refractivity contribution in [3.63, 3.8) is 0 Å². The second-order valence-corrected chi connectivity index (χ2v) is 8.88. The molecule has 0 N–H and O–H groups in total. The number of nitrogens with zero attached hydrogens (tertiary/aromatic N) is 6. The van der Waals surface area contributed by atoms with Crippen LogP contribution in [0.15, 0.2) is 60.9 Å². The average molecular weight is 495 g/mol. The summed E-state index contributed by atoms with van der Waals surface area (Å²) in [6.07, 6.45) is 5.85. The summed E-state index contributed by atoms with van der Waals surface area (Å²) in [7, 11) is 1.44. The first-order chi connectivity index (χ1) is 17.5. The number of aryl methyl sites for hydroxylation is 1. The number of hydrogen-bond donors (Lipinski definition) is 0. The van der Waals surface area contributed by atoms with Gasteiger partial charge in [0, 0.05) is 25.0 Å². The normalized spacial score (nSPS) is 13.2. The van der Waals surface area contributed by atoms with Crippen LogP contribution in [-0.2, 0) is 19.6 Å². The number of hydrogen-bond acceptors (Lipinski definition) is 6. The van der Waals surface area contributed by atoms with Gasteiger partial charge in [0.2, 0.25) is 5.95 Å². The number of halogens is 2. The zero-order valence-electron chi connectivity index (χ0n) is 20.2. The van der Waals surface area contributed by atoms with Gasteiger partial charge in [-0.3, -0.25) is 9.25 Å². The van der Waals surface area contributed by atoms with E-state index < -0.39 is 6.61 Å². The zero-order chi connectivity index (χ0) is 25.1. The van der Waals surface area contributed by atoms with Crippen LogP contribution in [0.3, 0.4) is 0 Å². The van der Waals surface area contributed by atoms with Crippen molar-refractivity contribution < 1.29 is 18.3 Å². The predicted molar refractivity (Wildman–Crippen MR) is 130 cm³/mol. The minimum Gasteiger partial charge on any atom is -0.493 e. The van der Waals surface area contributed by atoms with Gasteiger partial charge in [-0.05, 0) is 54.7 Å².